The lowest BCUT2D eigenvalue weighted by Gasteiger charge is -2.10. The van der Waals surface area contributed by atoms with Crippen LogP contribution in [0, 0.1) is 13.8 Å². The highest BCUT2D eigenvalue weighted by Gasteiger charge is 2.13. The van der Waals surface area contributed by atoms with E-state index in [1.807, 2.05) is 37.3 Å². The summed E-state index contributed by atoms with van der Waals surface area (Å²) in [6, 6.07) is 19.5. The third-order valence-electron chi connectivity index (χ3n) is 4.18. The van der Waals surface area contributed by atoms with Crippen LogP contribution in [0.3, 0.4) is 0 Å². The molecule has 0 aromatic heterocycles. The fraction of sp³-hybridized carbons (Fsp3) is 0.130. The van der Waals surface area contributed by atoms with Gasteiger partial charge in [-0.25, -0.2) is 4.79 Å². The number of hydrogen-bond acceptors (Lipinski definition) is 4. The molecule has 0 N–H and O–H groups in total. The summed E-state index contributed by atoms with van der Waals surface area (Å²) in [5.74, 6) is 0.421. The van der Waals surface area contributed by atoms with Gasteiger partial charge in [0.1, 0.15) is 11.5 Å². The van der Waals surface area contributed by atoms with Crippen molar-refractivity contribution in [1.82, 2.24) is 0 Å². The zero-order valence-electron chi connectivity index (χ0n) is 15.6. The Kier molecular flexibility index (Phi) is 6.26. The highest BCUT2D eigenvalue weighted by molar-refractivity contribution is 9.10. The van der Waals surface area contributed by atoms with Crippen molar-refractivity contribution in [1.29, 1.82) is 0 Å². The van der Waals surface area contributed by atoms with Crippen molar-refractivity contribution in [2.45, 2.75) is 13.8 Å². The van der Waals surface area contributed by atoms with E-state index in [9.17, 15) is 9.59 Å². The maximum atomic E-state index is 12.5. The monoisotopic (exact) mass is 438 g/mol. The number of ketones is 1. The molecule has 0 aliphatic rings. The first-order chi connectivity index (χ1) is 13.4. The molecule has 0 unspecified atom stereocenters. The van der Waals surface area contributed by atoms with E-state index in [1.54, 1.807) is 43.3 Å². The minimum Gasteiger partial charge on any atom is -0.482 e. The zero-order chi connectivity index (χ0) is 20.1. The average Bonchev–Trinajstić information content (AvgIpc) is 2.70. The van der Waals surface area contributed by atoms with Gasteiger partial charge in [0, 0.05) is 15.6 Å². The van der Waals surface area contributed by atoms with Gasteiger partial charge in [0.25, 0.3) is 0 Å². The lowest BCUT2D eigenvalue weighted by Crippen LogP contribution is -2.18. The van der Waals surface area contributed by atoms with Crippen LogP contribution in [0.2, 0.25) is 0 Å². The topological polar surface area (TPSA) is 52.6 Å². The van der Waals surface area contributed by atoms with Crippen molar-refractivity contribution in [3.05, 3.63) is 93.5 Å². The predicted molar refractivity (Wildman–Crippen MR) is 111 cm³/mol. The summed E-state index contributed by atoms with van der Waals surface area (Å²) in [4.78, 5) is 24.6. The molecule has 0 aliphatic heterocycles. The van der Waals surface area contributed by atoms with Gasteiger partial charge in [0.2, 0.25) is 0 Å². The van der Waals surface area contributed by atoms with Crippen LogP contribution >= 0.6 is 15.9 Å². The second-order valence-electron chi connectivity index (χ2n) is 6.35. The fourth-order valence-electron chi connectivity index (χ4n) is 2.66. The Morgan fingerprint density at radius 1 is 0.857 bits per heavy atom. The average molecular weight is 439 g/mol. The van der Waals surface area contributed by atoms with Crippen LogP contribution in [0.25, 0.3) is 0 Å². The van der Waals surface area contributed by atoms with Crippen LogP contribution in [-0.2, 0) is 4.79 Å². The van der Waals surface area contributed by atoms with Crippen LogP contribution in [0.15, 0.2) is 71.2 Å². The summed E-state index contributed by atoms with van der Waals surface area (Å²) in [5.41, 5.74) is 2.88. The Hall–Kier alpha value is -2.92. The molecular weight excluding hydrogens is 420 g/mol. The summed E-state index contributed by atoms with van der Waals surface area (Å²) in [5, 5.41) is 0. The molecule has 0 radical (unpaired) electrons. The first-order valence-electron chi connectivity index (χ1n) is 8.74. The first-order valence-corrected chi connectivity index (χ1v) is 9.53. The van der Waals surface area contributed by atoms with E-state index in [2.05, 4.69) is 15.9 Å². The van der Waals surface area contributed by atoms with Crippen molar-refractivity contribution < 1.29 is 19.1 Å². The molecule has 0 spiro atoms. The second kappa shape index (κ2) is 8.85. The van der Waals surface area contributed by atoms with E-state index in [0.29, 0.717) is 28.2 Å². The van der Waals surface area contributed by atoms with Gasteiger partial charge in [-0.2, -0.15) is 0 Å². The molecule has 4 nitrogen and oxygen atoms in total. The van der Waals surface area contributed by atoms with E-state index in [0.717, 1.165) is 10.0 Å². The molecule has 0 saturated carbocycles. The van der Waals surface area contributed by atoms with Gasteiger partial charge in [-0.1, -0.05) is 46.3 Å². The van der Waals surface area contributed by atoms with Crippen LogP contribution in [0.1, 0.15) is 27.0 Å². The van der Waals surface area contributed by atoms with E-state index < -0.39 is 5.97 Å². The number of halogens is 1. The van der Waals surface area contributed by atoms with Gasteiger partial charge in [-0.3, -0.25) is 4.79 Å². The Labute approximate surface area is 172 Å². The van der Waals surface area contributed by atoms with Crippen molar-refractivity contribution in [3.8, 4) is 11.5 Å². The molecule has 0 aliphatic carbocycles. The third kappa shape index (κ3) is 4.87. The third-order valence-corrected chi connectivity index (χ3v) is 5.07. The van der Waals surface area contributed by atoms with E-state index in [-0.39, 0.29) is 12.4 Å². The SMILES string of the molecule is Cc1cc(OCC(=O)Oc2ccc(C(=O)c3ccccc3)cc2C)ccc1Br. The van der Waals surface area contributed by atoms with Gasteiger partial charge in [-0.15, -0.1) is 0 Å². The van der Waals surface area contributed by atoms with Gasteiger partial charge in [0.15, 0.2) is 12.4 Å². The molecule has 0 fully saturated rings. The van der Waals surface area contributed by atoms with Crippen molar-refractivity contribution >= 4 is 27.7 Å². The number of carbonyl (C=O) groups is 2. The summed E-state index contributed by atoms with van der Waals surface area (Å²) in [7, 11) is 0. The van der Waals surface area contributed by atoms with E-state index >= 15 is 0 Å². The lowest BCUT2D eigenvalue weighted by molar-refractivity contribution is -0.136. The standard InChI is InChI=1S/C23H19BrO4/c1-15-13-19(9-10-20(15)24)27-14-22(25)28-21-11-8-18(12-16(21)2)23(26)17-6-4-3-5-7-17/h3-13H,14H2,1-2H3. The summed E-state index contributed by atoms with van der Waals surface area (Å²) in [6.45, 7) is 3.53. The van der Waals surface area contributed by atoms with Crippen LogP contribution < -0.4 is 9.47 Å². The molecule has 28 heavy (non-hydrogen) atoms. The maximum absolute atomic E-state index is 12.5. The number of benzene rings is 3. The van der Waals surface area contributed by atoms with Gasteiger partial charge in [-0.05, 0) is 61.4 Å². The Balaban J connectivity index is 1.63. The minimum atomic E-state index is -0.509. The molecule has 3 aromatic carbocycles. The Morgan fingerprint density at radius 3 is 2.29 bits per heavy atom. The smallest absolute Gasteiger partial charge is 0.349 e. The summed E-state index contributed by atoms with van der Waals surface area (Å²) >= 11 is 3.42. The van der Waals surface area contributed by atoms with Crippen molar-refractivity contribution in [3.63, 3.8) is 0 Å². The highest BCUT2D eigenvalue weighted by Crippen LogP contribution is 2.23. The molecule has 3 rings (SSSR count). The number of ether oxygens (including phenoxy) is 2. The van der Waals surface area contributed by atoms with Gasteiger partial charge < -0.3 is 9.47 Å². The molecule has 0 bridgehead atoms. The molecular formula is C23H19BrO4. The molecule has 0 atom stereocenters. The van der Waals surface area contributed by atoms with Gasteiger partial charge in [0.05, 0.1) is 0 Å². The Morgan fingerprint density at radius 2 is 1.61 bits per heavy atom. The lowest BCUT2D eigenvalue weighted by atomic mass is 10.0. The number of rotatable bonds is 6. The summed E-state index contributed by atoms with van der Waals surface area (Å²) in [6.07, 6.45) is 0. The molecule has 0 amide bonds. The molecule has 0 heterocycles. The van der Waals surface area contributed by atoms with Gasteiger partial charge >= 0.3 is 5.97 Å². The van der Waals surface area contributed by atoms with Crippen LogP contribution in [0.4, 0.5) is 0 Å². The maximum Gasteiger partial charge on any atom is 0.349 e. The van der Waals surface area contributed by atoms with Crippen LogP contribution in [0.5, 0.6) is 11.5 Å². The number of aryl methyl sites for hydroxylation is 2. The van der Waals surface area contributed by atoms with E-state index in [4.69, 9.17) is 9.47 Å². The summed E-state index contributed by atoms with van der Waals surface area (Å²) < 4.78 is 11.8. The van der Waals surface area contributed by atoms with E-state index in [1.165, 1.54) is 0 Å². The largest absolute Gasteiger partial charge is 0.482 e. The second-order valence-corrected chi connectivity index (χ2v) is 7.20. The van der Waals surface area contributed by atoms with Crippen LogP contribution in [-0.4, -0.2) is 18.4 Å². The molecule has 0 saturated heterocycles. The Bertz CT molecular complexity index is 1010. The predicted octanol–water partition coefficient (Wildman–Crippen LogP) is 5.28. The minimum absolute atomic E-state index is 0.0736. The molecule has 3 aromatic rings. The quantitative estimate of drug-likeness (QED) is 0.298. The zero-order valence-corrected chi connectivity index (χ0v) is 17.2. The number of hydrogen-bond donors (Lipinski definition) is 0. The molecule has 142 valence electrons. The number of carbonyl (C=O) groups excluding carboxylic acids is 2. The first kappa shape index (κ1) is 19.8. The number of esters is 1. The highest BCUT2D eigenvalue weighted by atomic mass is 79.9. The molecule has 5 heteroatoms. The fourth-order valence-corrected chi connectivity index (χ4v) is 2.91. The normalized spacial score (nSPS) is 10.4. The van der Waals surface area contributed by atoms with Crippen molar-refractivity contribution in [2.75, 3.05) is 6.61 Å². The van der Waals surface area contributed by atoms with Crippen molar-refractivity contribution in [2.24, 2.45) is 0 Å².